The smallest absolute Gasteiger partial charge is 0.238 e. The monoisotopic (exact) mass is 1150 g/mol. The minimum atomic E-state index is -0.215. The maximum atomic E-state index is 6.28. The molecule has 7 heteroatoms. The molecule has 0 atom stereocenters. The van der Waals surface area contributed by atoms with Crippen LogP contribution in [-0.4, -0.2) is 28.2 Å². The molecule has 6 heterocycles. The first kappa shape index (κ1) is 49.3. The summed E-state index contributed by atoms with van der Waals surface area (Å²) < 4.78 is 15.7. The Kier molecular flexibility index (Phi) is 9.94. The van der Waals surface area contributed by atoms with Crippen molar-refractivity contribution >= 4 is 120 Å². The van der Waals surface area contributed by atoms with Crippen LogP contribution in [0.3, 0.4) is 0 Å². The predicted octanol–water partition coefficient (Wildman–Crippen LogP) is 21.6. The first-order valence-electron chi connectivity index (χ1n) is 30.9. The molecular weight excluding hydrogens is 1100 g/mol. The summed E-state index contributed by atoms with van der Waals surface area (Å²) in [7, 11) is 0. The Morgan fingerprint density at radius 3 is 1.36 bits per heavy atom. The number of benzene rings is 13. The first-order valence-corrected chi connectivity index (χ1v) is 30.9. The third kappa shape index (κ3) is 6.88. The van der Waals surface area contributed by atoms with Gasteiger partial charge >= 0.3 is 0 Å². The number of nitrogens with zero attached hydrogens (tertiary/aromatic N) is 6. The van der Waals surface area contributed by atoms with Crippen molar-refractivity contribution in [1.82, 2.24) is 28.2 Å². The summed E-state index contributed by atoms with van der Waals surface area (Å²) in [6.07, 6.45) is 0. The molecular formula is C83H52N6O. The van der Waals surface area contributed by atoms with Gasteiger partial charge in [0.05, 0.1) is 44.1 Å². The molecule has 0 amide bonds. The lowest BCUT2D eigenvalue weighted by Gasteiger charge is -2.21. The second-order valence-electron chi connectivity index (χ2n) is 24.9. The Bertz CT molecular complexity index is 6340. The molecule has 13 aromatic carbocycles. The minimum absolute atomic E-state index is 0.215. The van der Waals surface area contributed by atoms with Crippen molar-refractivity contribution in [3.63, 3.8) is 0 Å². The predicted molar refractivity (Wildman–Crippen MR) is 373 cm³/mol. The number of aromatic nitrogens is 6. The molecule has 0 spiro atoms. The summed E-state index contributed by atoms with van der Waals surface area (Å²) in [5.74, 6) is 2.11. The molecule has 19 aromatic rings. The summed E-state index contributed by atoms with van der Waals surface area (Å²) in [5, 5.41) is 14.0. The van der Waals surface area contributed by atoms with Gasteiger partial charge in [0.25, 0.3) is 0 Å². The van der Waals surface area contributed by atoms with E-state index in [1.54, 1.807) is 0 Å². The van der Waals surface area contributed by atoms with Crippen LogP contribution in [0.4, 0.5) is 0 Å². The first-order chi connectivity index (χ1) is 44.4. The molecule has 90 heavy (non-hydrogen) atoms. The van der Waals surface area contributed by atoms with Crippen LogP contribution in [0.15, 0.2) is 283 Å². The Morgan fingerprint density at radius 2 is 0.722 bits per heavy atom. The van der Waals surface area contributed by atoms with E-state index in [-0.39, 0.29) is 5.41 Å². The molecule has 0 bridgehead atoms. The Labute approximate surface area is 515 Å². The highest BCUT2D eigenvalue weighted by Crippen LogP contribution is 2.51. The number of rotatable bonds is 6. The third-order valence-corrected chi connectivity index (χ3v) is 19.8. The van der Waals surface area contributed by atoms with Crippen molar-refractivity contribution in [3.8, 4) is 56.7 Å². The van der Waals surface area contributed by atoms with Gasteiger partial charge in [-0.05, 0) is 158 Å². The van der Waals surface area contributed by atoms with E-state index in [1.165, 1.54) is 65.6 Å². The van der Waals surface area contributed by atoms with Gasteiger partial charge in [-0.2, -0.15) is 9.97 Å². The van der Waals surface area contributed by atoms with E-state index in [2.05, 4.69) is 299 Å². The molecule has 420 valence electrons. The Hall–Kier alpha value is -11.8. The standard InChI is InChI=1S/C83H52N6O/c1-83(2)68-25-11-5-19-56(68)62-46-66-60-23-8-14-28-72(60)88(77(66)47-69(62)83)81-48-80(84-82(85-81)89-73-29-15-9-22-59(73)65-44-53(34-39-76(65)89)54-35-40-79-67(45-54)61-24-10-16-30-78(61)90-79)87-71-27-13-7-21-58(71)64-43-52(33-38-75(64)87)51-32-37-74-63(42-51)57-20-6-12-26-70(57)86(74)55-36-31-49-17-3-4-18-50(49)41-55/h3-48H,1-2H3. The van der Waals surface area contributed by atoms with Gasteiger partial charge in [0.15, 0.2) is 0 Å². The highest BCUT2D eigenvalue weighted by Gasteiger charge is 2.36. The second-order valence-corrected chi connectivity index (χ2v) is 24.9. The van der Waals surface area contributed by atoms with Gasteiger partial charge in [0.1, 0.15) is 22.8 Å². The normalized spacial score (nSPS) is 13.1. The highest BCUT2D eigenvalue weighted by atomic mass is 16.3. The van der Waals surface area contributed by atoms with Gasteiger partial charge in [0, 0.05) is 71.0 Å². The number of furan rings is 1. The van der Waals surface area contributed by atoms with Crippen molar-refractivity contribution in [3.05, 3.63) is 290 Å². The molecule has 20 rings (SSSR count). The fourth-order valence-electron chi connectivity index (χ4n) is 15.6. The maximum absolute atomic E-state index is 6.28. The topological polar surface area (TPSA) is 58.6 Å². The number of fused-ring (bicyclic) bond motifs is 19. The second kappa shape index (κ2) is 18.1. The molecule has 0 unspecified atom stereocenters. The van der Waals surface area contributed by atoms with Crippen LogP contribution >= 0.6 is 0 Å². The molecule has 1 aliphatic carbocycles. The molecule has 0 saturated carbocycles. The molecule has 0 saturated heterocycles. The molecule has 1 aliphatic rings. The van der Waals surface area contributed by atoms with E-state index in [1.807, 2.05) is 12.1 Å². The van der Waals surface area contributed by atoms with E-state index >= 15 is 0 Å². The van der Waals surface area contributed by atoms with E-state index in [9.17, 15) is 0 Å². The van der Waals surface area contributed by atoms with E-state index in [0.717, 1.165) is 116 Å². The van der Waals surface area contributed by atoms with Crippen LogP contribution in [0.25, 0.3) is 177 Å². The van der Waals surface area contributed by atoms with E-state index in [4.69, 9.17) is 14.4 Å². The van der Waals surface area contributed by atoms with Crippen LogP contribution in [0.5, 0.6) is 0 Å². The zero-order valence-electron chi connectivity index (χ0n) is 49.1. The number of hydrogen-bond donors (Lipinski definition) is 0. The average molecular weight is 1150 g/mol. The van der Waals surface area contributed by atoms with Gasteiger partial charge < -0.3 is 8.98 Å². The van der Waals surface area contributed by atoms with Gasteiger partial charge in [-0.3, -0.25) is 13.7 Å². The van der Waals surface area contributed by atoms with Crippen molar-refractivity contribution in [2.24, 2.45) is 0 Å². The van der Waals surface area contributed by atoms with E-state index in [0.29, 0.717) is 5.95 Å². The average Bonchev–Trinajstić information content (AvgIpc) is 1.66. The maximum Gasteiger partial charge on any atom is 0.238 e. The molecule has 0 N–H and O–H groups in total. The molecule has 7 nitrogen and oxygen atoms in total. The van der Waals surface area contributed by atoms with Crippen LogP contribution in [0, 0.1) is 0 Å². The zero-order chi connectivity index (χ0) is 59.1. The lowest BCUT2D eigenvalue weighted by atomic mass is 9.82. The highest BCUT2D eigenvalue weighted by molar-refractivity contribution is 6.16. The molecule has 6 aromatic heterocycles. The quantitative estimate of drug-likeness (QED) is 0.167. The summed E-state index contributed by atoms with van der Waals surface area (Å²) >= 11 is 0. The van der Waals surface area contributed by atoms with Gasteiger partial charge in [-0.15, -0.1) is 0 Å². The van der Waals surface area contributed by atoms with Crippen molar-refractivity contribution in [2.45, 2.75) is 19.3 Å². The SMILES string of the molecule is CC1(C)c2ccccc2-c2cc3c4ccccc4n(-c4cc(-n5c6ccccc6c6cc(-c7ccc8c(c7)c7ccccc7n8-c7ccc8ccccc8c7)ccc65)nc(-n5c6ccccc6c6cc(-c7ccc8oc9ccccc9c8c7)ccc65)n4)c3cc21. The van der Waals surface area contributed by atoms with Crippen LogP contribution in [0.2, 0.25) is 0 Å². The van der Waals surface area contributed by atoms with Crippen LogP contribution < -0.4 is 0 Å². The molecule has 0 radical (unpaired) electrons. The summed E-state index contributed by atoms with van der Waals surface area (Å²) in [5.41, 5.74) is 21.2. The molecule has 0 aliphatic heterocycles. The van der Waals surface area contributed by atoms with Gasteiger partial charge in [-0.1, -0.05) is 184 Å². The Morgan fingerprint density at radius 1 is 0.278 bits per heavy atom. The van der Waals surface area contributed by atoms with Crippen molar-refractivity contribution in [1.29, 1.82) is 0 Å². The summed E-state index contributed by atoms with van der Waals surface area (Å²) in [4.78, 5) is 11.6. The largest absolute Gasteiger partial charge is 0.456 e. The van der Waals surface area contributed by atoms with Crippen LogP contribution in [0.1, 0.15) is 25.0 Å². The fourth-order valence-corrected chi connectivity index (χ4v) is 15.6. The lowest BCUT2D eigenvalue weighted by molar-refractivity contribution is 0.661. The fraction of sp³-hybridized carbons (Fsp3) is 0.0361. The third-order valence-electron chi connectivity index (χ3n) is 19.8. The van der Waals surface area contributed by atoms with Gasteiger partial charge in [0.2, 0.25) is 5.95 Å². The lowest BCUT2D eigenvalue weighted by Crippen LogP contribution is -2.15. The number of para-hydroxylation sites is 5. The van der Waals surface area contributed by atoms with Crippen molar-refractivity contribution in [2.75, 3.05) is 0 Å². The van der Waals surface area contributed by atoms with Gasteiger partial charge in [-0.25, -0.2) is 0 Å². The van der Waals surface area contributed by atoms with Crippen molar-refractivity contribution < 1.29 is 4.42 Å². The van der Waals surface area contributed by atoms with Crippen LogP contribution in [-0.2, 0) is 5.41 Å². The van der Waals surface area contributed by atoms with E-state index < -0.39 is 0 Å². The zero-order valence-corrected chi connectivity index (χ0v) is 49.1. The Balaban J connectivity index is 0.811. The summed E-state index contributed by atoms with van der Waals surface area (Å²) in [6, 6.07) is 102. The summed E-state index contributed by atoms with van der Waals surface area (Å²) in [6.45, 7) is 4.72. The minimum Gasteiger partial charge on any atom is -0.456 e. The molecule has 0 fully saturated rings. The number of hydrogen-bond acceptors (Lipinski definition) is 3.